The molecule has 1 unspecified atom stereocenters. The number of aromatic nitrogens is 1. The van der Waals surface area contributed by atoms with E-state index >= 15 is 0 Å². The molecule has 2 aromatic heterocycles. The molecule has 78 valence electrons. The lowest BCUT2D eigenvalue weighted by atomic mass is 10.2. The summed E-state index contributed by atoms with van der Waals surface area (Å²) in [6.45, 7) is 2.09. The number of pyridine rings is 1. The van der Waals surface area contributed by atoms with Crippen LogP contribution in [0.2, 0.25) is 0 Å². The van der Waals surface area contributed by atoms with Crippen LogP contribution in [0.3, 0.4) is 0 Å². The number of nitrogens with zero attached hydrogens (tertiary/aromatic N) is 2. The number of hydrogen-bond donors (Lipinski definition) is 0. The van der Waals surface area contributed by atoms with Gasteiger partial charge < -0.3 is 9.32 Å². The maximum Gasteiger partial charge on any atom is 0.128 e. The standard InChI is InChI=1S/C12H14N2O/c1-10(11-6-5-9-15-11)14(2)12-7-3-4-8-13-12/h3-10H,1-2H3. The van der Waals surface area contributed by atoms with E-state index in [0.29, 0.717) is 0 Å². The Bertz CT molecular complexity index is 397. The van der Waals surface area contributed by atoms with E-state index in [4.69, 9.17) is 4.42 Å². The van der Waals surface area contributed by atoms with Crippen LogP contribution in [0.25, 0.3) is 0 Å². The summed E-state index contributed by atoms with van der Waals surface area (Å²) < 4.78 is 5.37. The van der Waals surface area contributed by atoms with Crippen molar-refractivity contribution in [3.63, 3.8) is 0 Å². The van der Waals surface area contributed by atoms with Crippen LogP contribution in [0, 0.1) is 0 Å². The molecule has 1 atom stereocenters. The second-order valence-corrected chi connectivity index (χ2v) is 3.49. The lowest BCUT2D eigenvalue weighted by Crippen LogP contribution is -2.21. The molecule has 2 aromatic rings. The molecule has 0 aliphatic carbocycles. The average Bonchev–Trinajstić information content (AvgIpc) is 2.82. The Kier molecular flexibility index (Phi) is 2.72. The summed E-state index contributed by atoms with van der Waals surface area (Å²) in [5.41, 5.74) is 0. The van der Waals surface area contributed by atoms with Gasteiger partial charge in [-0.15, -0.1) is 0 Å². The van der Waals surface area contributed by atoms with E-state index in [-0.39, 0.29) is 6.04 Å². The molecule has 0 spiro atoms. The Labute approximate surface area is 89.4 Å². The maximum atomic E-state index is 5.37. The summed E-state index contributed by atoms with van der Waals surface area (Å²) in [7, 11) is 2.01. The smallest absolute Gasteiger partial charge is 0.128 e. The molecule has 3 nitrogen and oxygen atoms in total. The van der Waals surface area contributed by atoms with Crippen molar-refractivity contribution in [3.05, 3.63) is 48.6 Å². The van der Waals surface area contributed by atoms with Gasteiger partial charge in [0.1, 0.15) is 11.6 Å². The van der Waals surface area contributed by atoms with Crippen molar-refractivity contribution in [2.45, 2.75) is 13.0 Å². The van der Waals surface area contributed by atoms with Crippen molar-refractivity contribution < 1.29 is 4.42 Å². The van der Waals surface area contributed by atoms with Crippen LogP contribution in [-0.2, 0) is 0 Å². The second kappa shape index (κ2) is 4.17. The molecule has 15 heavy (non-hydrogen) atoms. The Hall–Kier alpha value is -1.77. The Balaban J connectivity index is 2.18. The predicted octanol–water partition coefficient (Wildman–Crippen LogP) is 2.87. The van der Waals surface area contributed by atoms with Crippen molar-refractivity contribution >= 4 is 5.82 Å². The molecule has 0 bridgehead atoms. The molecule has 2 rings (SSSR count). The summed E-state index contributed by atoms with van der Waals surface area (Å²) in [5.74, 6) is 1.89. The van der Waals surface area contributed by atoms with Crippen LogP contribution < -0.4 is 4.90 Å². The van der Waals surface area contributed by atoms with E-state index in [2.05, 4.69) is 16.8 Å². The zero-order chi connectivity index (χ0) is 10.7. The molecule has 0 saturated carbocycles. The van der Waals surface area contributed by atoms with Crippen molar-refractivity contribution in [2.24, 2.45) is 0 Å². The van der Waals surface area contributed by atoms with Gasteiger partial charge in [-0.05, 0) is 31.2 Å². The fourth-order valence-electron chi connectivity index (χ4n) is 1.48. The highest BCUT2D eigenvalue weighted by Crippen LogP contribution is 2.23. The van der Waals surface area contributed by atoms with Gasteiger partial charge in [-0.3, -0.25) is 0 Å². The number of anilines is 1. The van der Waals surface area contributed by atoms with Gasteiger partial charge in [0, 0.05) is 13.2 Å². The molecule has 0 aliphatic rings. The van der Waals surface area contributed by atoms with Gasteiger partial charge in [-0.25, -0.2) is 4.98 Å². The van der Waals surface area contributed by atoms with E-state index in [0.717, 1.165) is 11.6 Å². The molecular formula is C12H14N2O. The minimum absolute atomic E-state index is 0.190. The second-order valence-electron chi connectivity index (χ2n) is 3.49. The molecule has 3 heteroatoms. The van der Waals surface area contributed by atoms with Crippen molar-refractivity contribution in [1.82, 2.24) is 4.98 Å². The highest BCUT2D eigenvalue weighted by molar-refractivity contribution is 5.38. The maximum absolute atomic E-state index is 5.37. The zero-order valence-corrected chi connectivity index (χ0v) is 8.92. The van der Waals surface area contributed by atoms with Crippen LogP contribution in [0.15, 0.2) is 47.2 Å². The normalized spacial score (nSPS) is 12.4. The third kappa shape index (κ3) is 2.01. The zero-order valence-electron chi connectivity index (χ0n) is 8.92. The van der Waals surface area contributed by atoms with Gasteiger partial charge in [0.2, 0.25) is 0 Å². The van der Waals surface area contributed by atoms with Gasteiger partial charge in [-0.2, -0.15) is 0 Å². The Morgan fingerprint density at radius 2 is 2.13 bits per heavy atom. The summed E-state index contributed by atoms with van der Waals surface area (Å²) in [5, 5.41) is 0. The van der Waals surface area contributed by atoms with E-state index in [1.165, 1.54) is 0 Å². The molecule has 0 radical (unpaired) electrons. The minimum atomic E-state index is 0.190. The van der Waals surface area contributed by atoms with Crippen LogP contribution in [-0.4, -0.2) is 12.0 Å². The molecule has 0 saturated heterocycles. The average molecular weight is 202 g/mol. The summed E-state index contributed by atoms with van der Waals surface area (Å²) in [6.07, 6.45) is 3.48. The van der Waals surface area contributed by atoms with Gasteiger partial charge >= 0.3 is 0 Å². The van der Waals surface area contributed by atoms with Crippen LogP contribution in [0.1, 0.15) is 18.7 Å². The summed E-state index contributed by atoms with van der Waals surface area (Å²) >= 11 is 0. The van der Waals surface area contributed by atoms with Gasteiger partial charge in [0.25, 0.3) is 0 Å². The minimum Gasteiger partial charge on any atom is -0.467 e. The van der Waals surface area contributed by atoms with Crippen LogP contribution in [0.5, 0.6) is 0 Å². The van der Waals surface area contributed by atoms with Crippen molar-refractivity contribution in [3.8, 4) is 0 Å². The topological polar surface area (TPSA) is 29.3 Å². The van der Waals surface area contributed by atoms with Gasteiger partial charge in [-0.1, -0.05) is 6.07 Å². The Morgan fingerprint density at radius 1 is 1.27 bits per heavy atom. The lowest BCUT2D eigenvalue weighted by molar-refractivity contribution is 0.470. The number of rotatable bonds is 3. The third-order valence-corrected chi connectivity index (χ3v) is 2.55. The van der Waals surface area contributed by atoms with E-state index < -0.39 is 0 Å². The molecule has 0 N–H and O–H groups in total. The Morgan fingerprint density at radius 3 is 2.73 bits per heavy atom. The first kappa shape index (κ1) is 9.77. The first-order valence-electron chi connectivity index (χ1n) is 4.96. The SMILES string of the molecule is CC(c1ccco1)N(C)c1ccccn1. The largest absolute Gasteiger partial charge is 0.467 e. The van der Waals surface area contributed by atoms with E-state index in [1.54, 1.807) is 12.5 Å². The summed E-state index contributed by atoms with van der Waals surface area (Å²) in [4.78, 5) is 6.38. The first-order chi connectivity index (χ1) is 7.29. The predicted molar refractivity (Wildman–Crippen MR) is 59.8 cm³/mol. The molecule has 0 aromatic carbocycles. The molecule has 0 aliphatic heterocycles. The van der Waals surface area contributed by atoms with Crippen LogP contribution in [0.4, 0.5) is 5.82 Å². The van der Waals surface area contributed by atoms with Crippen molar-refractivity contribution in [2.75, 3.05) is 11.9 Å². The quantitative estimate of drug-likeness (QED) is 0.766. The van der Waals surface area contributed by atoms with Gasteiger partial charge in [0.15, 0.2) is 0 Å². The van der Waals surface area contributed by atoms with Crippen LogP contribution >= 0.6 is 0 Å². The number of furan rings is 1. The third-order valence-electron chi connectivity index (χ3n) is 2.55. The molecular weight excluding hydrogens is 188 g/mol. The molecule has 0 fully saturated rings. The monoisotopic (exact) mass is 202 g/mol. The fraction of sp³-hybridized carbons (Fsp3) is 0.250. The van der Waals surface area contributed by atoms with E-state index in [1.807, 2.05) is 37.4 Å². The van der Waals surface area contributed by atoms with E-state index in [9.17, 15) is 0 Å². The molecule has 0 amide bonds. The van der Waals surface area contributed by atoms with Gasteiger partial charge in [0.05, 0.1) is 12.3 Å². The molecule has 2 heterocycles. The first-order valence-corrected chi connectivity index (χ1v) is 4.96. The summed E-state index contributed by atoms with van der Waals surface area (Å²) in [6, 6.07) is 9.94. The van der Waals surface area contributed by atoms with Crippen molar-refractivity contribution in [1.29, 1.82) is 0 Å². The lowest BCUT2D eigenvalue weighted by Gasteiger charge is -2.23. The highest BCUT2D eigenvalue weighted by Gasteiger charge is 2.14. The fourth-order valence-corrected chi connectivity index (χ4v) is 1.48. The number of hydrogen-bond acceptors (Lipinski definition) is 3. The highest BCUT2D eigenvalue weighted by atomic mass is 16.3.